The first-order valence-electron chi connectivity index (χ1n) is 6.16. The van der Waals surface area contributed by atoms with Crippen LogP contribution in [-0.2, 0) is 25.5 Å². The zero-order valence-electron chi connectivity index (χ0n) is 11.0. The van der Waals surface area contributed by atoms with E-state index >= 15 is 0 Å². The van der Waals surface area contributed by atoms with E-state index in [1.165, 1.54) is 7.11 Å². The van der Waals surface area contributed by atoms with Crippen molar-refractivity contribution in [3.8, 4) is 0 Å². The monoisotopic (exact) mass is 339 g/mol. The Morgan fingerprint density at radius 1 is 1.50 bits per heavy atom. The molecule has 20 heavy (non-hydrogen) atoms. The molecule has 1 aliphatic rings. The molecule has 0 saturated carbocycles. The molecule has 106 valence electrons. The van der Waals surface area contributed by atoms with Gasteiger partial charge in [-0.1, -0.05) is 22.0 Å². The molecule has 1 fully saturated rings. The summed E-state index contributed by atoms with van der Waals surface area (Å²) in [4.78, 5) is 26.8. The second kappa shape index (κ2) is 6.65. The molecule has 1 aromatic rings. The number of aliphatic imine (C=N–C) groups is 1. The van der Waals surface area contributed by atoms with Crippen LogP contribution in [0.5, 0.6) is 0 Å². The summed E-state index contributed by atoms with van der Waals surface area (Å²) in [5, 5.41) is 0. The van der Waals surface area contributed by atoms with E-state index in [1.807, 2.05) is 18.2 Å². The number of rotatable bonds is 4. The van der Waals surface area contributed by atoms with Crippen molar-refractivity contribution in [3.05, 3.63) is 28.2 Å². The van der Waals surface area contributed by atoms with Gasteiger partial charge in [-0.25, -0.2) is 0 Å². The molecule has 0 spiro atoms. The van der Waals surface area contributed by atoms with Gasteiger partial charge in [0.1, 0.15) is 6.61 Å². The highest BCUT2D eigenvalue weighted by atomic mass is 79.9. The summed E-state index contributed by atoms with van der Waals surface area (Å²) >= 11 is 3.39. The maximum Gasteiger partial charge on any atom is 0.312 e. The number of cyclic esters (lactones) is 1. The van der Waals surface area contributed by atoms with E-state index in [-0.39, 0.29) is 25.0 Å². The standard InChI is InChI=1S/C14H14BrNO4/c1-19-13(17)5-3-9-2-4-10(15)6-12(9)16-11-7-14(18)20-8-11/h2,4,6H,3,5,7-8H2,1H3. The van der Waals surface area contributed by atoms with Gasteiger partial charge in [0.2, 0.25) is 0 Å². The van der Waals surface area contributed by atoms with Crippen LogP contribution in [0.1, 0.15) is 18.4 Å². The molecule has 0 N–H and O–H groups in total. The molecule has 6 heteroatoms. The van der Waals surface area contributed by atoms with Gasteiger partial charge in [-0.05, 0) is 24.1 Å². The molecule has 0 aliphatic carbocycles. The van der Waals surface area contributed by atoms with Crippen LogP contribution in [0.4, 0.5) is 5.69 Å². The maximum absolute atomic E-state index is 11.2. The lowest BCUT2D eigenvalue weighted by Crippen LogP contribution is -2.02. The Kier molecular flexibility index (Phi) is 4.89. The largest absolute Gasteiger partial charge is 0.469 e. The number of carbonyl (C=O) groups is 2. The Hall–Kier alpha value is -1.69. The Labute approximate surface area is 125 Å². The molecular formula is C14H14BrNO4. The summed E-state index contributed by atoms with van der Waals surface area (Å²) in [7, 11) is 1.37. The maximum atomic E-state index is 11.2. The number of halogens is 1. The smallest absolute Gasteiger partial charge is 0.312 e. The molecule has 0 bridgehead atoms. The van der Waals surface area contributed by atoms with E-state index in [4.69, 9.17) is 4.74 Å². The number of ether oxygens (including phenoxy) is 2. The summed E-state index contributed by atoms with van der Waals surface area (Å²) in [6.45, 7) is 0.238. The molecule has 0 unspecified atom stereocenters. The Balaban J connectivity index is 2.19. The van der Waals surface area contributed by atoms with E-state index in [1.54, 1.807) is 0 Å². The minimum absolute atomic E-state index is 0.225. The average Bonchev–Trinajstić information content (AvgIpc) is 2.83. The van der Waals surface area contributed by atoms with Crippen molar-refractivity contribution in [2.75, 3.05) is 13.7 Å². The molecular weight excluding hydrogens is 326 g/mol. The van der Waals surface area contributed by atoms with Gasteiger partial charge in [0, 0.05) is 10.9 Å². The van der Waals surface area contributed by atoms with Crippen molar-refractivity contribution in [1.82, 2.24) is 0 Å². The molecule has 5 nitrogen and oxygen atoms in total. The third kappa shape index (κ3) is 3.90. The zero-order chi connectivity index (χ0) is 14.5. The zero-order valence-corrected chi connectivity index (χ0v) is 12.6. The normalized spacial score (nSPS) is 16.3. The quantitative estimate of drug-likeness (QED) is 0.791. The van der Waals surface area contributed by atoms with Crippen LogP contribution in [0.2, 0.25) is 0 Å². The minimum Gasteiger partial charge on any atom is -0.469 e. The highest BCUT2D eigenvalue weighted by Gasteiger charge is 2.19. The predicted octanol–water partition coefficient (Wildman–Crippen LogP) is 2.57. The summed E-state index contributed by atoms with van der Waals surface area (Å²) in [5.41, 5.74) is 2.38. The van der Waals surface area contributed by atoms with Crippen molar-refractivity contribution in [2.24, 2.45) is 4.99 Å². The van der Waals surface area contributed by atoms with E-state index in [9.17, 15) is 9.59 Å². The molecule has 2 rings (SSSR count). The lowest BCUT2D eigenvalue weighted by molar-refractivity contribution is -0.140. The third-order valence-corrected chi connectivity index (χ3v) is 3.39. The van der Waals surface area contributed by atoms with Gasteiger partial charge in [-0.2, -0.15) is 0 Å². The number of carbonyl (C=O) groups excluding carboxylic acids is 2. The first kappa shape index (κ1) is 14.7. The van der Waals surface area contributed by atoms with Gasteiger partial charge in [-0.3, -0.25) is 14.6 Å². The lowest BCUT2D eigenvalue weighted by Gasteiger charge is -2.06. The highest BCUT2D eigenvalue weighted by Crippen LogP contribution is 2.26. The fraction of sp³-hybridized carbons (Fsp3) is 0.357. The van der Waals surface area contributed by atoms with Crippen LogP contribution in [-0.4, -0.2) is 31.4 Å². The predicted molar refractivity (Wildman–Crippen MR) is 77.2 cm³/mol. The van der Waals surface area contributed by atoms with Gasteiger partial charge in [-0.15, -0.1) is 0 Å². The summed E-state index contributed by atoms with van der Waals surface area (Å²) < 4.78 is 10.4. The van der Waals surface area contributed by atoms with Gasteiger partial charge in [0.15, 0.2) is 0 Å². The third-order valence-electron chi connectivity index (χ3n) is 2.90. The number of hydrogen-bond acceptors (Lipinski definition) is 5. The Bertz CT molecular complexity index is 568. The molecule has 0 amide bonds. The lowest BCUT2D eigenvalue weighted by atomic mass is 10.1. The molecule has 0 atom stereocenters. The van der Waals surface area contributed by atoms with E-state index in [0.29, 0.717) is 18.6 Å². The highest BCUT2D eigenvalue weighted by molar-refractivity contribution is 9.10. The van der Waals surface area contributed by atoms with Crippen molar-refractivity contribution in [3.63, 3.8) is 0 Å². The molecule has 1 aliphatic heterocycles. The van der Waals surface area contributed by atoms with Crippen LogP contribution in [0.3, 0.4) is 0 Å². The minimum atomic E-state index is -0.258. The first-order valence-corrected chi connectivity index (χ1v) is 6.95. The second-order valence-corrected chi connectivity index (χ2v) is 5.28. The first-order chi connectivity index (χ1) is 9.58. The van der Waals surface area contributed by atoms with Crippen LogP contribution in [0.15, 0.2) is 27.7 Å². The van der Waals surface area contributed by atoms with Gasteiger partial charge >= 0.3 is 11.9 Å². The Morgan fingerprint density at radius 2 is 2.30 bits per heavy atom. The van der Waals surface area contributed by atoms with Gasteiger partial charge < -0.3 is 9.47 Å². The average molecular weight is 340 g/mol. The SMILES string of the molecule is COC(=O)CCc1ccc(Br)cc1N=C1COC(=O)C1. The van der Waals surface area contributed by atoms with Crippen molar-refractivity contribution in [2.45, 2.75) is 19.3 Å². The van der Waals surface area contributed by atoms with Crippen LogP contribution >= 0.6 is 15.9 Å². The molecule has 0 radical (unpaired) electrons. The number of aryl methyl sites for hydroxylation is 1. The number of esters is 2. The summed E-state index contributed by atoms with van der Waals surface area (Å²) in [6.07, 6.45) is 1.06. The fourth-order valence-corrected chi connectivity index (χ4v) is 2.21. The Morgan fingerprint density at radius 3 is 2.95 bits per heavy atom. The number of nitrogens with zero attached hydrogens (tertiary/aromatic N) is 1. The van der Waals surface area contributed by atoms with Gasteiger partial charge in [0.25, 0.3) is 0 Å². The topological polar surface area (TPSA) is 65.0 Å². The van der Waals surface area contributed by atoms with Crippen molar-refractivity contribution < 1.29 is 19.1 Å². The molecule has 1 heterocycles. The van der Waals surface area contributed by atoms with Gasteiger partial charge in [0.05, 0.1) is 24.9 Å². The second-order valence-electron chi connectivity index (χ2n) is 4.36. The molecule has 0 aromatic heterocycles. The summed E-state index contributed by atoms with van der Waals surface area (Å²) in [6, 6.07) is 5.67. The van der Waals surface area contributed by atoms with Crippen LogP contribution in [0, 0.1) is 0 Å². The van der Waals surface area contributed by atoms with Crippen molar-refractivity contribution in [1.29, 1.82) is 0 Å². The fourth-order valence-electron chi connectivity index (χ4n) is 1.87. The van der Waals surface area contributed by atoms with Crippen molar-refractivity contribution >= 4 is 39.3 Å². The number of methoxy groups -OCH3 is 1. The summed E-state index contributed by atoms with van der Waals surface area (Å²) in [5.74, 6) is -0.513. The van der Waals surface area contributed by atoms with Crippen LogP contribution in [0.25, 0.3) is 0 Å². The molecule has 1 saturated heterocycles. The number of benzene rings is 1. The van der Waals surface area contributed by atoms with E-state index in [0.717, 1.165) is 15.7 Å². The van der Waals surface area contributed by atoms with Crippen LogP contribution < -0.4 is 0 Å². The molecule has 1 aromatic carbocycles. The number of hydrogen-bond donors (Lipinski definition) is 0. The van der Waals surface area contributed by atoms with E-state index in [2.05, 4.69) is 25.7 Å². The van der Waals surface area contributed by atoms with E-state index < -0.39 is 0 Å².